The summed E-state index contributed by atoms with van der Waals surface area (Å²) in [6.07, 6.45) is 10.3. The van der Waals surface area contributed by atoms with E-state index < -0.39 is 0 Å². The standard InChI is InChI=1S/C22H32N4OS/c1-3-4-5-6-11-19(27)25-12-14-26(15-13-25)21-20-17-9-7-8-10-18(17)28-22(20)24-16(2)23-21/h3-15H2,1-2H3. The van der Waals surface area contributed by atoms with Gasteiger partial charge in [0.05, 0.1) is 5.39 Å². The fraction of sp³-hybridized carbons (Fsp3) is 0.682. The Morgan fingerprint density at radius 1 is 1.04 bits per heavy atom. The molecule has 0 atom stereocenters. The van der Waals surface area contributed by atoms with Crippen LogP contribution in [0.25, 0.3) is 10.2 Å². The third-order valence-electron chi connectivity index (χ3n) is 6.08. The van der Waals surface area contributed by atoms with Crippen molar-refractivity contribution in [1.82, 2.24) is 14.9 Å². The Kier molecular flexibility index (Phi) is 6.14. The van der Waals surface area contributed by atoms with Crippen LogP contribution in [0.3, 0.4) is 0 Å². The summed E-state index contributed by atoms with van der Waals surface area (Å²) < 4.78 is 0. The van der Waals surface area contributed by atoms with Crippen molar-refractivity contribution in [2.45, 2.75) is 71.6 Å². The van der Waals surface area contributed by atoms with E-state index in [2.05, 4.69) is 16.7 Å². The summed E-state index contributed by atoms with van der Waals surface area (Å²) in [6, 6.07) is 0. The highest BCUT2D eigenvalue weighted by Crippen LogP contribution is 2.39. The number of fused-ring (bicyclic) bond motifs is 3. The lowest BCUT2D eigenvalue weighted by atomic mass is 9.97. The molecule has 0 bridgehead atoms. The Labute approximate surface area is 172 Å². The van der Waals surface area contributed by atoms with Gasteiger partial charge in [0.2, 0.25) is 5.91 Å². The van der Waals surface area contributed by atoms with Crippen LogP contribution in [0.15, 0.2) is 0 Å². The van der Waals surface area contributed by atoms with Crippen LogP contribution < -0.4 is 4.90 Å². The number of aryl methyl sites for hydroxylation is 3. The average molecular weight is 401 g/mol. The van der Waals surface area contributed by atoms with Gasteiger partial charge in [0.15, 0.2) is 0 Å². The molecule has 1 fully saturated rings. The highest BCUT2D eigenvalue weighted by Gasteiger charge is 2.26. The molecule has 0 unspecified atom stereocenters. The number of hydrogen-bond acceptors (Lipinski definition) is 5. The van der Waals surface area contributed by atoms with Crippen molar-refractivity contribution in [2.24, 2.45) is 0 Å². The molecule has 2 aromatic rings. The second-order valence-corrected chi connectivity index (χ2v) is 9.25. The lowest BCUT2D eigenvalue weighted by Crippen LogP contribution is -2.49. The maximum Gasteiger partial charge on any atom is 0.222 e. The van der Waals surface area contributed by atoms with Gasteiger partial charge in [-0.05, 0) is 44.6 Å². The van der Waals surface area contributed by atoms with Crippen molar-refractivity contribution >= 4 is 33.3 Å². The number of unbranched alkanes of at least 4 members (excludes halogenated alkanes) is 3. The van der Waals surface area contributed by atoms with E-state index in [1.165, 1.54) is 54.4 Å². The normalized spacial score (nSPS) is 17.2. The number of carbonyl (C=O) groups excluding carboxylic acids is 1. The molecular weight excluding hydrogens is 368 g/mol. The molecule has 0 saturated carbocycles. The van der Waals surface area contributed by atoms with Crippen LogP contribution in [0.2, 0.25) is 0 Å². The summed E-state index contributed by atoms with van der Waals surface area (Å²) in [5, 5.41) is 1.30. The molecule has 4 rings (SSSR count). The van der Waals surface area contributed by atoms with E-state index >= 15 is 0 Å². The van der Waals surface area contributed by atoms with Gasteiger partial charge >= 0.3 is 0 Å². The van der Waals surface area contributed by atoms with Gasteiger partial charge in [-0.25, -0.2) is 9.97 Å². The predicted molar refractivity (Wildman–Crippen MR) is 116 cm³/mol. The SMILES string of the molecule is CCCCCCC(=O)N1CCN(c2nc(C)nc3sc4c(c23)CCCC4)CC1. The zero-order valence-electron chi connectivity index (χ0n) is 17.3. The molecule has 28 heavy (non-hydrogen) atoms. The monoisotopic (exact) mass is 400 g/mol. The highest BCUT2D eigenvalue weighted by molar-refractivity contribution is 7.19. The average Bonchev–Trinajstić information content (AvgIpc) is 3.08. The summed E-state index contributed by atoms with van der Waals surface area (Å²) in [5.74, 6) is 2.29. The summed E-state index contributed by atoms with van der Waals surface area (Å²) >= 11 is 1.87. The molecule has 1 aliphatic carbocycles. The third-order valence-corrected chi connectivity index (χ3v) is 7.27. The smallest absolute Gasteiger partial charge is 0.222 e. The minimum absolute atomic E-state index is 0.327. The minimum atomic E-state index is 0.327. The molecule has 1 saturated heterocycles. The highest BCUT2D eigenvalue weighted by atomic mass is 32.1. The van der Waals surface area contributed by atoms with Gasteiger partial charge in [-0.2, -0.15) is 0 Å². The van der Waals surface area contributed by atoms with E-state index in [0.717, 1.165) is 55.5 Å². The number of thiophene rings is 1. The van der Waals surface area contributed by atoms with Crippen molar-refractivity contribution in [1.29, 1.82) is 0 Å². The third kappa shape index (κ3) is 4.02. The molecule has 3 heterocycles. The molecule has 2 aromatic heterocycles. The van der Waals surface area contributed by atoms with Crippen LogP contribution in [-0.2, 0) is 17.6 Å². The molecule has 6 heteroatoms. The van der Waals surface area contributed by atoms with Crippen LogP contribution in [0.1, 0.15) is 68.1 Å². The molecule has 0 aromatic carbocycles. The van der Waals surface area contributed by atoms with Crippen LogP contribution in [0.5, 0.6) is 0 Å². The topological polar surface area (TPSA) is 49.3 Å². The number of rotatable bonds is 6. The Balaban J connectivity index is 1.47. The number of carbonyl (C=O) groups is 1. The van der Waals surface area contributed by atoms with Crippen LogP contribution in [0, 0.1) is 6.92 Å². The Morgan fingerprint density at radius 3 is 2.61 bits per heavy atom. The lowest BCUT2D eigenvalue weighted by molar-refractivity contribution is -0.131. The predicted octanol–water partition coefficient (Wildman–Crippen LogP) is 4.50. The van der Waals surface area contributed by atoms with Gasteiger partial charge in [0.1, 0.15) is 16.5 Å². The van der Waals surface area contributed by atoms with E-state index in [9.17, 15) is 4.79 Å². The second-order valence-electron chi connectivity index (χ2n) is 8.16. The van der Waals surface area contributed by atoms with E-state index in [4.69, 9.17) is 9.97 Å². The summed E-state index contributed by atoms with van der Waals surface area (Å²) in [7, 11) is 0. The number of aromatic nitrogens is 2. The fourth-order valence-corrected chi connectivity index (χ4v) is 5.80. The van der Waals surface area contributed by atoms with Crippen molar-refractivity contribution in [3.63, 3.8) is 0 Å². The Morgan fingerprint density at radius 2 is 1.82 bits per heavy atom. The number of piperazine rings is 1. The van der Waals surface area contributed by atoms with Gasteiger partial charge in [0, 0.05) is 37.5 Å². The molecule has 1 aliphatic heterocycles. The van der Waals surface area contributed by atoms with Crippen LogP contribution in [-0.4, -0.2) is 47.0 Å². The van der Waals surface area contributed by atoms with Crippen LogP contribution in [0.4, 0.5) is 5.82 Å². The first-order valence-electron chi connectivity index (χ1n) is 11.0. The Hall–Kier alpha value is -1.69. The number of amides is 1. The van der Waals surface area contributed by atoms with Gasteiger partial charge in [-0.15, -0.1) is 11.3 Å². The first-order chi connectivity index (χ1) is 13.7. The molecule has 2 aliphatic rings. The molecule has 1 amide bonds. The number of anilines is 1. The van der Waals surface area contributed by atoms with Crippen molar-refractivity contribution in [2.75, 3.05) is 31.1 Å². The van der Waals surface area contributed by atoms with E-state index in [1.807, 2.05) is 18.3 Å². The van der Waals surface area contributed by atoms with E-state index in [1.54, 1.807) is 0 Å². The summed E-state index contributed by atoms with van der Waals surface area (Å²) in [4.78, 5) is 29.2. The van der Waals surface area contributed by atoms with E-state index in [-0.39, 0.29) is 0 Å². The van der Waals surface area contributed by atoms with E-state index in [0.29, 0.717) is 12.3 Å². The maximum atomic E-state index is 12.5. The summed E-state index contributed by atoms with van der Waals surface area (Å²) in [5.41, 5.74) is 1.50. The minimum Gasteiger partial charge on any atom is -0.352 e. The lowest BCUT2D eigenvalue weighted by Gasteiger charge is -2.36. The van der Waals surface area contributed by atoms with Crippen LogP contribution >= 0.6 is 11.3 Å². The number of hydrogen-bond donors (Lipinski definition) is 0. The molecule has 152 valence electrons. The zero-order valence-corrected chi connectivity index (χ0v) is 18.1. The zero-order chi connectivity index (χ0) is 19.5. The van der Waals surface area contributed by atoms with Crippen molar-refractivity contribution in [3.8, 4) is 0 Å². The molecular formula is C22H32N4OS. The van der Waals surface area contributed by atoms with Gasteiger partial charge in [0.25, 0.3) is 0 Å². The van der Waals surface area contributed by atoms with Gasteiger partial charge < -0.3 is 9.80 Å². The molecule has 0 radical (unpaired) electrons. The molecule has 0 spiro atoms. The number of nitrogens with zero attached hydrogens (tertiary/aromatic N) is 4. The maximum absolute atomic E-state index is 12.5. The largest absolute Gasteiger partial charge is 0.352 e. The Bertz CT molecular complexity index is 839. The van der Waals surface area contributed by atoms with Gasteiger partial charge in [-0.1, -0.05) is 26.2 Å². The molecule has 0 N–H and O–H groups in total. The molecule has 5 nitrogen and oxygen atoms in total. The first kappa shape index (κ1) is 19.6. The van der Waals surface area contributed by atoms with Gasteiger partial charge in [-0.3, -0.25) is 4.79 Å². The first-order valence-corrected chi connectivity index (χ1v) is 11.8. The fourth-order valence-electron chi connectivity index (χ4n) is 4.50. The summed E-state index contributed by atoms with van der Waals surface area (Å²) in [6.45, 7) is 7.57. The quantitative estimate of drug-likeness (QED) is 0.670. The van der Waals surface area contributed by atoms with Crippen molar-refractivity contribution in [3.05, 3.63) is 16.3 Å². The second kappa shape index (κ2) is 8.76. The van der Waals surface area contributed by atoms with Crippen molar-refractivity contribution < 1.29 is 4.79 Å².